The maximum atomic E-state index is 12.9. The van der Waals surface area contributed by atoms with Crippen molar-refractivity contribution in [2.24, 2.45) is 0 Å². The van der Waals surface area contributed by atoms with Gasteiger partial charge in [0.05, 0.1) is 6.61 Å². The van der Waals surface area contributed by atoms with E-state index in [1.165, 1.54) is 6.92 Å². The van der Waals surface area contributed by atoms with Gasteiger partial charge in [-0.3, -0.25) is 20.4 Å². The van der Waals surface area contributed by atoms with E-state index in [9.17, 15) is 14.4 Å². The molecule has 0 spiro atoms. The summed E-state index contributed by atoms with van der Waals surface area (Å²) in [6, 6.07) is 18.8. The molecule has 3 N–H and O–H groups in total. The predicted molar refractivity (Wildman–Crippen MR) is 139 cm³/mol. The van der Waals surface area contributed by atoms with Crippen LogP contribution in [0.3, 0.4) is 0 Å². The zero-order valence-corrected chi connectivity index (χ0v) is 22.6. The van der Waals surface area contributed by atoms with Crippen LogP contribution in [0.15, 0.2) is 60.7 Å². The van der Waals surface area contributed by atoms with Gasteiger partial charge in [0.1, 0.15) is 11.6 Å². The van der Waals surface area contributed by atoms with Gasteiger partial charge >= 0.3 is 6.09 Å². The lowest BCUT2D eigenvalue weighted by molar-refractivity contribution is -0.129. The minimum absolute atomic E-state index is 0.127. The Morgan fingerprint density at radius 2 is 1.31 bits per heavy atom. The van der Waals surface area contributed by atoms with Gasteiger partial charge in [-0.2, -0.15) is 0 Å². The van der Waals surface area contributed by atoms with E-state index in [2.05, 4.69) is 36.9 Å². The molecule has 2 aromatic carbocycles. The monoisotopic (exact) mass is 499 g/mol. The minimum Gasteiger partial charge on any atom is -0.444 e. The van der Waals surface area contributed by atoms with E-state index in [-0.39, 0.29) is 11.6 Å². The standard InChI is InChI=1S/C26H37N3O5Si/c1-19(30)28-29-23(31)22(27-24(32)34-25(2,3)4)18-33-35(26(5,6)7,20-14-10-8-11-15-20)21-16-12-9-13-17-21/h8-17,22H,18H2,1-7H3,(H,27,32)(H,28,30)(H,29,31). The molecule has 0 heterocycles. The Morgan fingerprint density at radius 1 is 0.829 bits per heavy atom. The highest BCUT2D eigenvalue weighted by molar-refractivity contribution is 6.99. The average molecular weight is 500 g/mol. The molecule has 0 saturated heterocycles. The van der Waals surface area contributed by atoms with Crippen molar-refractivity contribution in [1.82, 2.24) is 16.2 Å². The fourth-order valence-corrected chi connectivity index (χ4v) is 8.41. The number of carbonyl (C=O) groups excluding carboxylic acids is 3. The summed E-state index contributed by atoms with van der Waals surface area (Å²) in [5.41, 5.74) is 3.85. The van der Waals surface area contributed by atoms with Crippen LogP contribution >= 0.6 is 0 Å². The third-order valence-corrected chi connectivity index (χ3v) is 10.3. The Balaban J connectivity index is 2.47. The molecule has 0 aliphatic heterocycles. The van der Waals surface area contributed by atoms with Gasteiger partial charge in [0.15, 0.2) is 0 Å². The van der Waals surface area contributed by atoms with Gasteiger partial charge in [-0.1, -0.05) is 81.4 Å². The van der Waals surface area contributed by atoms with Gasteiger partial charge in [0, 0.05) is 6.92 Å². The van der Waals surface area contributed by atoms with Crippen LogP contribution in [0.1, 0.15) is 48.5 Å². The average Bonchev–Trinajstić information content (AvgIpc) is 2.76. The summed E-state index contributed by atoms with van der Waals surface area (Å²) in [6.45, 7) is 12.7. The fraction of sp³-hybridized carbons (Fsp3) is 0.423. The maximum absolute atomic E-state index is 12.9. The summed E-state index contributed by atoms with van der Waals surface area (Å²) in [4.78, 5) is 36.8. The highest BCUT2D eigenvalue weighted by Gasteiger charge is 2.50. The molecule has 1 atom stereocenters. The number of alkyl carbamates (subject to hydrolysis) is 1. The van der Waals surface area contributed by atoms with Crippen LogP contribution in [0.5, 0.6) is 0 Å². The van der Waals surface area contributed by atoms with Crippen molar-refractivity contribution in [2.75, 3.05) is 6.61 Å². The summed E-state index contributed by atoms with van der Waals surface area (Å²) in [5.74, 6) is -1.06. The Labute approximate surface area is 208 Å². The first-order valence-electron chi connectivity index (χ1n) is 11.6. The van der Waals surface area contributed by atoms with Crippen molar-refractivity contribution in [2.45, 2.75) is 65.1 Å². The van der Waals surface area contributed by atoms with Crippen LogP contribution in [0.2, 0.25) is 5.04 Å². The Morgan fingerprint density at radius 3 is 1.71 bits per heavy atom. The third kappa shape index (κ3) is 7.66. The molecule has 2 rings (SSSR count). The van der Waals surface area contributed by atoms with E-state index in [4.69, 9.17) is 9.16 Å². The molecule has 0 fully saturated rings. The molecule has 0 radical (unpaired) electrons. The lowest BCUT2D eigenvalue weighted by atomic mass is 10.2. The van der Waals surface area contributed by atoms with Gasteiger partial charge in [0.2, 0.25) is 5.91 Å². The SMILES string of the molecule is CC(=O)NNC(=O)C(CO[Si](c1ccccc1)(c1ccccc1)C(C)(C)C)NC(=O)OC(C)(C)C. The van der Waals surface area contributed by atoms with Crippen molar-refractivity contribution in [3.8, 4) is 0 Å². The number of carbonyl (C=O) groups is 3. The molecule has 8 nitrogen and oxygen atoms in total. The second-order valence-electron chi connectivity index (χ2n) is 10.3. The van der Waals surface area contributed by atoms with Gasteiger partial charge in [-0.05, 0) is 36.2 Å². The molecule has 0 saturated carbocycles. The summed E-state index contributed by atoms with van der Waals surface area (Å²) in [6.07, 6.45) is -0.758. The van der Waals surface area contributed by atoms with Crippen molar-refractivity contribution >= 4 is 36.6 Å². The molecular formula is C26H37N3O5Si. The summed E-state index contributed by atoms with van der Waals surface area (Å²) >= 11 is 0. The molecule has 0 aromatic heterocycles. The van der Waals surface area contributed by atoms with Crippen molar-refractivity contribution in [3.05, 3.63) is 60.7 Å². The molecule has 190 valence electrons. The molecule has 3 amide bonds. The Hall–Kier alpha value is -3.17. The van der Waals surface area contributed by atoms with E-state index in [1.807, 2.05) is 60.7 Å². The molecule has 9 heteroatoms. The first-order chi connectivity index (χ1) is 16.3. The normalized spacial score (nSPS) is 12.9. The first kappa shape index (κ1) is 28.1. The predicted octanol–water partition coefficient (Wildman–Crippen LogP) is 2.62. The van der Waals surface area contributed by atoms with Crippen LogP contribution in [-0.2, 0) is 18.8 Å². The van der Waals surface area contributed by atoms with Crippen LogP contribution in [0.25, 0.3) is 0 Å². The molecule has 0 aliphatic rings. The van der Waals surface area contributed by atoms with Crippen LogP contribution < -0.4 is 26.5 Å². The van der Waals surface area contributed by atoms with Crippen molar-refractivity contribution in [1.29, 1.82) is 0 Å². The quantitative estimate of drug-likeness (QED) is 0.401. The lowest BCUT2D eigenvalue weighted by Gasteiger charge is -2.43. The molecule has 1 unspecified atom stereocenters. The topological polar surface area (TPSA) is 106 Å². The van der Waals surface area contributed by atoms with E-state index >= 15 is 0 Å². The number of ether oxygens (including phenoxy) is 1. The number of nitrogens with one attached hydrogen (secondary N) is 3. The van der Waals surface area contributed by atoms with Gasteiger partial charge < -0.3 is 14.5 Å². The number of amides is 3. The summed E-state index contributed by atoms with van der Waals surface area (Å²) < 4.78 is 12.1. The number of rotatable bonds is 7. The number of hydrogen-bond donors (Lipinski definition) is 3. The number of hydrogen-bond acceptors (Lipinski definition) is 5. The largest absolute Gasteiger partial charge is 0.444 e. The van der Waals surface area contributed by atoms with E-state index in [1.54, 1.807) is 20.8 Å². The molecule has 0 aliphatic carbocycles. The minimum atomic E-state index is -2.96. The van der Waals surface area contributed by atoms with Crippen LogP contribution in [-0.4, -0.2) is 44.5 Å². The molecule has 2 aromatic rings. The van der Waals surface area contributed by atoms with Gasteiger partial charge in [-0.25, -0.2) is 4.79 Å². The van der Waals surface area contributed by atoms with Crippen molar-refractivity contribution < 1.29 is 23.5 Å². The number of benzene rings is 2. The number of hydrazine groups is 1. The fourth-order valence-electron chi connectivity index (χ4n) is 3.84. The van der Waals surface area contributed by atoms with E-state index in [0.29, 0.717) is 0 Å². The van der Waals surface area contributed by atoms with Crippen LogP contribution in [0, 0.1) is 0 Å². The maximum Gasteiger partial charge on any atom is 0.408 e. The van der Waals surface area contributed by atoms with Gasteiger partial charge in [-0.15, -0.1) is 0 Å². The Bertz CT molecular complexity index is 962. The smallest absolute Gasteiger partial charge is 0.408 e. The highest BCUT2D eigenvalue weighted by Crippen LogP contribution is 2.36. The molecular weight excluding hydrogens is 462 g/mol. The molecule has 0 bridgehead atoms. The van der Waals surface area contributed by atoms with E-state index < -0.39 is 37.9 Å². The summed E-state index contributed by atoms with van der Waals surface area (Å²) in [5, 5.41) is 4.36. The third-order valence-electron chi connectivity index (χ3n) is 5.25. The molecule has 35 heavy (non-hydrogen) atoms. The zero-order valence-electron chi connectivity index (χ0n) is 21.6. The van der Waals surface area contributed by atoms with Gasteiger partial charge in [0.25, 0.3) is 14.2 Å². The second-order valence-corrected chi connectivity index (χ2v) is 14.6. The van der Waals surface area contributed by atoms with Crippen LogP contribution in [0.4, 0.5) is 4.79 Å². The van der Waals surface area contributed by atoms with E-state index in [0.717, 1.165) is 10.4 Å². The zero-order chi connectivity index (χ0) is 26.3. The Kier molecular flexibility index (Phi) is 9.22. The first-order valence-corrected chi connectivity index (χ1v) is 13.5. The second kappa shape index (κ2) is 11.5. The summed E-state index contributed by atoms with van der Waals surface area (Å²) in [7, 11) is -2.96. The van der Waals surface area contributed by atoms with Crippen molar-refractivity contribution in [3.63, 3.8) is 0 Å². The lowest BCUT2D eigenvalue weighted by Crippen LogP contribution is -2.68. The highest BCUT2D eigenvalue weighted by atomic mass is 28.4.